The van der Waals surface area contributed by atoms with Gasteiger partial charge in [-0.3, -0.25) is 4.79 Å². The molecule has 0 aromatic heterocycles. The molecule has 4 heteroatoms. The summed E-state index contributed by atoms with van der Waals surface area (Å²) >= 11 is 5.99. The smallest absolute Gasteiger partial charge is 0.248 e. The molecule has 0 spiro atoms. The fourth-order valence-corrected chi connectivity index (χ4v) is 6.00. The summed E-state index contributed by atoms with van der Waals surface area (Å²) in [6, 6.07) is 7.19. The van der Waals surface area contributed by atoms with E-state index in [2.05, 4.69) is 32.7 Å². The van der Waals surface area contributed by atoms with Crippen molar-refractivity contribution in [2.45, 2.75) is 65.9 Å². The van der Waals surface area contributed by atoms with E-state index in [1.165, 1.54) is 5.57 Å². The summed E-state index contributed by atoms with van der Waals surface area (Å²) in [5, 5.41) is 14.2. The molecule has 164 valence electrons. The SMILES string of the molecule is C=C1CCC2C(C(C)CC(O)C2(C)C)C1CC/C(C)=C/C(=O)Nc1cccc(Cl)c1. The van der Waals surface area contributed by atoms with Gasteiger partial charge in [0.25, 0.3) is 0 Å². The molecule has 3 rings (SSSR count). The zero-order chi connectivity index (χ0) is 22.1. The van der Waals surface area contributed by atoms with E-state index in [4.69, 9.17) is 11.6 Å². The summed E-state index contributed by atoms with van der Waals surface area (Å²) < 4.78 is 0. The zero-order valence-electron chi connectivity index (χ0n) is 18.7. The largest absolute Gasteiger partial charge is 0.393 e. The molecule has 2 saturated carbocycles. The third-order valence-electron chi connectivity index (χ3n) is 7.62. The second-order valence-electron chi connectivity index (χ2n) is 10.1. The van der Waals surface area contributed by atoms with Crippen LogP contribution in [0.5, 0.6) is 0 Å². The molecular formula is C26H36ClNO2. The highest BCUT2D eigenvalue weighted by Gasteiger charge is 2.51. The summed E-state index contributed by atoms with van der Waals surface area (Å²) in [4.78, 5) is 12.4. The molecule has 2 N–H and O–H groups in total. The van der Waals surface area contributed by atoms with E-state index >= 15 is 0 Å². The number of aliphatic hydroxyl groups is 1. The number of carbonyl (C=O) groups excluding carboxylic acids is 1. The molecule has 0 radical (unpaired) electrons. The Morgan fingerprint density at radius 3 is 2.83 bits per heavy atom. The van der Waals surface area contributed by atoms with E-state index < -0.39 is 0 Å². The molecule has 0 bridgehead atoms. The Morgan fingerprint density at radius 1 is 1.40 bits per heavy atom. The fourth-order valence-electron chi connectivity index (χ4n) is 5.81. The van der Waals surface area contributed by atoms with Gasteiger partial charge < -0.3 is 10.4 Å². The number of anilines is 1. The van der Waals surface area contributed by atoms with Crippen LogP contribution in [0.15, 0.2) is 48.1 Å². The van der Waals surface area contributed by atoms with Crippen LogP contribution in [0.4, 0.5) is 5.69 Å². The summed E-state index contributed by atoms with van der Waals surface area (Å²) in [6.07, 6.45) is 6.42. The fraction of sp³-hybridized carbons (Fsp3) is 0.577. The molecule has 5 unspecified atom stereocenters. The van der Waals surface area contributed by atoms with Gasteiger partial charge in [-0.2, -0.15) is 0 Å². The molecule has 1 aromatic carbocycles. The minimum absolute atomic E-state index is 0.0438. The van der Waals surface area contributed by atoms with Crippen LogP contribution >= 0.6 is 11.6 Å². The number of benzene rings is 1. The molecule has 0 heterocycles. The maximum Gasteiger partial charge on any atom is 0.248 e. The lowest BCUT2D eigenvalue weighted by atomic mass is 9.50. The third-order valence-corrected chi connectivity index (χ3v) is 7.85. The van der Waals surface area contributed by atoms with Gasteiger partial charge in [-0.25, -0.2) is 0 Å². The second-order valence-corrected chi connectivity index (χ2v) is 10.5. The van der Waals surface area contributed by atoms with E-state index in [1.54, 1.807) is 18.2 Å². The Balaban J connectivity index is 1.65. The van der Waals surface area contributed by atoms with Crippen molar-refractivity contribution >= 4 is 23.2 Å². The van der Waals surface area contributed by atoms with E-state index in [0.29, 0.717) is 34.4 Å². The van der Waals surface area contributed by atoms with Crippen molar-refractivity contribution in [3.63, 3.8) is 0 Å². The predicted molar refractivity (Wildman–Crippen MR) is 125 cm³/mol. The molecule has 3 nitrogen and oxygen atoms in total. The Morgan fingerprint density at radius 2 is 2.13 bits per heavy atom. The number of allylic oxidation sites excluding steroid dienone is 2. The van der Waals surface area contributed by atoms with Crippen LogP contribution in [0.2, 0.25) is 5.02 Å². The number of hydrogen-bond donors (Lipinski definition) is 2. The van der Waals surface area contributed by atoms with Crippen molar-refractivity contribution in [1.29, 1.82) is 0 Å². The van der Waals surface area contributed by atoms with Gasteiger partial charge in [0.15, 0.2) is 0 Å². The average Bonchev–Trinajstić information content (AvgIpc) is 2.65. The van der Waals surface area contributed by atoms with Crippen molar-refractivity contribution < 1.29 is 9.90 Å². The van der Waals surface area contributed by atoms with Crippen LogP contribution < -0.4 is 5.32 Å². The molecule has 2 aliphatic carbocycles. The molecule has 30 heavy (non-hydrogen) atoms. The second kappa shape index (κ2) is 9.28. The summed E-state index contributed by atoms with van der Waals surface area (Å²) in [5.41, 5.74) is 3.09. The maximum absolute atomic E-state index is 12.4. The number of halogens is 1. The van der Waals surface area contributed by atoms with Gasteiger partial charge in [-0.15, -0.1) is 0 Å². The third kappa shape index (κ3) is 5.00. The van der Waals surface area contributed by atoms with Gasteiger partial charge >= 0.3 is 0 Å². The van der Waals surface area contributed by atoms with Crippen LogP contribution in [0.25, 0.3) is 0 Å². The van der Waals surface area contributed by atoms with E-state index in [1.807, 2.05) is 19.1 Å². The average molecular weight is 430 g/mol. The predicted octanol–water partition coefficient (Wildman–Crippen LogP) is 6.63. The first kappa shape index (κ1) is 23.1. The summed E-state index contributed by atoms with van der Waals surface area (Å²) in [5.74, 6) is 1.94. The van der Waals surface area contributed by atoms with Crippen LogP contribution in [0.3, 0.4) is 0 Å². The lowest BCUT2D eigenvalue weighted by Gasteiger charge is -2.55. The van der Waals surface area contributed by atoms with Crippen LogP contribution in [0, 0.1) is 29.1 Å². The number of aliphatic hydroxyl groups excluding tert-OH is 1. The maximum atomic E-state index is 12.4. The van der Waals surface area contributed by atoms with E-state index in [-0.39, 0.29) is 17.4 Å². The zero-order valence-corrected chi connectivity index (χ0v) is 19.5. The number of rotatable bonds is 5. The van der Waals surface area contributed by atoms with Gasteiger partial charge in [0, 0.05) is 16.8 Å². The van der Waals surface area contributed by atoms with Crippen LogP contribution in [-0.4, -0.2) is 17.1 Å². The topological polar surface area (TPSA) is 49.3 Å². The monoisotopic (exact) mass is 429 g/mol. The highest BCUT2D eigenvalue weighted by atomic mass is 35.5. The normalized spacial score (nSPS) is 31.2. The van der Waals surface area contributed by atoms with Gasteiger partial charge in [-0.1, -0.05) is 56.2 Å². The number of nitrogens with one attached hydrogen (secondary N) is 1. The quantitative estimate of drug-likeness (QED) is 0.407. The number of hydrogen-bond acceptors (Lipinski definition) is 2. The summed E-state index contributed by atoms with van der Waals surface area (Å²) in [6.45, 7) is 13.2. The van der Waals surface area contributed by atoms with Crippen molar-refractivity contribution in [1.82, 2.24) is 0 Å². The standard InChI is InChI=1S/C26H36ClNO2/c1-16(13-24(30)28-20-8-6-7-19(27)15-20)9-11-21-17(2)10-12-22-25(21)18(3)14-23(29)26(22,4)5/h6-8,13,15,18,21-23,25,29H,2,9-12,14H2,1,3-5H3,(H,28,30)/b16-13+. The molecule has 0 aliphatic heterocycles. The number of carbonyl (C=O) groups is 1. The highest BCUT2D eigenvalue weighted by molar-refractivity contribution is 6.30. The first-order valence-corrected chi connectivity index (χ1v) is 11.6. The van der Waals surface area contributed by atoms with Gasteiger partial charge in [-0.05, 0) is 86.3 Å². The number of amides is 1. The lowest BCUT2D eigenvalue weighted by molar-refractivity contribution is -0.112. The minimum Gasteiger partial charge on any atom is -0.393 e. The molecule has 2 fully saturated rings. The number of fused-ring (bicyclic) bond motifs is 1. The Kier molecular flexibility index (Phi) is 7.14. The Labute approximate surface area is 186 Å². The van der Waals surface area contributed by atoms with Crippen LogP contribution in [-0.2, 0) is 4.79 Å². The molecule has 5 atom stereocenters. The Hall–Kier alpha value is -1.58. The first-order chi connectivity index (χ1) is 14.1. The van der Waals surface area contributed by atoms with Crippen molar-refractivity contribution in [3.8, 4) is 0 Å². The molecule has 1 aromatic rings. The molecule has 2 aliphatic rings. The first-order valence-electron chi connectivity index (χ1n) is 11.2. The van der Waals surface area contributed by atoms with Crippen molar-refractivity contribution in [2.24, 2.45) is 29.1 Å². The van der Waals surface area contributed by atoms with Crippen molar-refractivity contribution in [3.05, 3.63) is 53.1 Å². The van der Waals surface area contributed by atoms with Gasteiger partial charge in [0.05, 0.1) is 6.10 Å². The lowest BCUT2D eigenvalue weighted by Crippen LogP contribution is -2.52. The van der Waals surface area contributed by atoms with E-state index in [0.717, 1.165) is 37.7 Å². The summed E-state index contributed by atoms with van der Waals surface area (Å²) in [7, 11) is 0. The minimum atomic E-state index is -0.224. The van der Waals surface area contributed by atoms with Gasteiger partial charge in [0.2, 0.25) is 5.91 Å². The van der Waals surface area contributed by atoms with E-state index in [9.17, 15) is 9.90 Å². The Bertz CT molecular complexity index is 828. The van der Waals surface area contributed by atoms with Crippen LogP contribution in [0.1, 0.15) is 59.8 Å². The molecule has 0 saturated heterocycles. The molecular weight excluding hydrogens is 394 g/mol. The van der Waals surface area contributed by atoms with Crippen molar-refractivity contribution in [2.75, 3.05) is 5.32 Å². The highest BCUT2D eigenvalue weighted by Crippen LogP contribution is 2.56. The van der Waals surface area contributed by atoms with Gasteiger partial charge in [0.1, 0.15) is 0 Å². The molecule has 1 amide bonds.